The zero-order valence-corrected chi connectivity index (χ0v) is 81.1. The number of carbonyl (C=O) groups is 9. The van der Waals surface area contributed by atoms with E-state index in [1.165, 1.54) is 41.7 Å². The van der Waals surface area contributed by atoms with E-state index in [1.54, 1.807) is 117 Å². The molecule has 0 bridgehead atoms. The summed E-state index contributed by atoms with van der Waals surface area (Å²) in [7, 11) is 4.68. The Morgan fingerprint density at radius 3 is 1.96 bits per heavy atom. The predicted octanol–water partition coefficient (Wildman–Crippen LogP) is 9.05. The van der Waals surface area contributed by atoms with E-state index in [-0.39, 0.29) is 121 Å². The number of fused-ring (bicyclic) bond motifs is 1. The SMILES string of the molecule is COCCOCCOCCOCCOCCOCCOCCOCCn1cc(COC(=O)N(C)Cc2cc(NC(=O)[C@H](CCCNC(N)=O)NC(=O)[C@@H](NC(=O)CCOCCN3C(=O)C=CC3=O)C(C)C)ccc2COC(=O)N2CCN(CCOc3ccc(-c4c(-c5ccc(F)cc5)sc5ncnc(O[C@H](Cc6ccccc6OCc6ccnc(-c7ccccc7OC)n6)C(=O)O)c45)c(C)c3Cl)CC2)nn1. The minimum absolute atomic E-state index is 0.0168. The Morgan fingerprint density at radius 1 is 0.638 bits per heavy atom. The molecule has 11 rings (SSSR count). The molecule has 141 heavy (non-hydrogen) atoms. The first-order chi connectivity index (χ1) is 68.4. The number of amides is 9. The molecule has 44 heteroatoms. The summed E-state index contributed by atoms with van der Waals surface area (Å²) in [6.45, 7) is 13.1. The summed E-state index contributed by atoms with van der Waals surface area (Å²) < 4.78 is 102. The van der Waals surface area contributed by atoms with E-state index in [2.05, 4.69) is 51.4 Å². The van der Waals surface area contributed by atoms with Gasteiger partial charge in [-0.15, -0.1) is 16.4 Å². The molecule has 758 valence electrons. The Hall–Kier alpha value is -13.1. The Bertz CT molecular complexity index is 5600. The van der Waals surface area contributed by atoms with E-state index in [9.17, 15) is 52.6 Å². The van der Waals surface area contributed by atoms with E-state index in [1.807, 2.05) is 37.3 Å². The number of carboxylic acid groups (broad SMARTS) is 1. The highest BCUT2D eigenvalue weighted by molar-refractivity contribution is 7.22. The third kappa shape index (κ3) is 34.4. The van der Waals surface area contributed by atoms with Crippen LogP contribution in [-0.4, -0.2) is 318 Å². The number of carboxylic acids is 1. The second-order valence-electron chi connectivity index (χ2n) is 32.5. The fraction of sp³-hybridized carbons (Fsp3) is 0.454. The number of hydrogen-bond donors (Lipinski definition) is 6. The third-order valence-corrected chi connectivity index (χ3v) is 23.7. The van der Waals surface area contributed by atoms with Gasteiger partial charge in [-0.3, -0.25) is 33.8 Å². The van der Waals surface area contributed by atoms with Crippen LogP contribution in [0.4, 0.5) is 24.5 Å². The van der Waals surface area contributed by atoms with Gasteiger partial charge in [-0.25, -0.2) is 48.2 Å². The van der Waals surface area contributed by atoms with Gasteiger partial charge in [0.15, 0.2) is 5.82 Å². The van der Waals surface area contributed by atoms with Gasteiger partial charge in [-0.2, -0.15) is 0 Å². The lowest BCUT2D eigenvalue weighted by Gasteiger charge is -2.34. The van der Waals surface area contributed by atoms with Crippen LogP contribution in [0.25, 0.3) is 43.2 Å². The topological polar surface area (TPSA) is 482 Å². The molecule has 0 saturated carbocycles. The van der Waals surface area contributed by atoms with Crippen molar-refractivity contribution in [1.82, 2.24) is 70.5 Å². The summed E-state index contributed by atoms with van der Waals surface area (Å²) in [6.07, 6.45) is 3.76. The number of methoxy groups -OCH3 is 2. The quantitative estimate of drug-likeness (QED) is 0.0153. The molecule has 41 nitrogen and oxygen atoms in total. The van der Waals surface area contributed by atoms with Gasteiger partial charge >= 0.3 is 24.2 Å². The summed E-state index contributed by atoms with van der Waals surface area (Å²) in [6, 6.07) is 27.2. The molecule has 6 heterocycles. The summed E-state index contributed by atoms with van der Waals surface area (Å²) in [5.74, 6) is -3.32. The summed E-state index contributed by atoms with van der Waals surface area (Å²) in [5.41, 5.74) is 10.9. The number of ether oxygens (including phenoxy) is 15. The van der Waals surface area contributed by atoms with Gasteiger partial charge < -0.3 is 113 Å². The number of aromatic nitrogens is 7. The standard InChI is InChI=1S/C97H120ClFN16O25S/c1-64(2)87(108-81(116)28-38-128-40-37-115-82(117)25-26-83(115)118)91(120)107-76(14-11-29-102-95(100)123)90(119)106-71-22-19-68(69(56-71)58-111(4)96(124)139-62-73-59-114(110-109-73)36-39-129-44-45-131-48-49-133-52-53-135-55-54-134-51-50-132-47-46-130-43-42-126-5)60-138-97(125)113-33-31-112(32-34-113)35-41-136-79-24-23-74(65(3)86(79)98)84-85-92(103-63-104-93(85)141-88(84)66-17-20-70(99)21-18-66)140-80(94(121)122)57-67-12-7-9-15-77(67)137-61-72-27-30-101-89(105-72)75-13-8-10-16-78(75)127-6/h7-10,12-13,15-27,30,56,59,63-64,76,80,87H,11,14,28-29,31-55,57-58,60-62H2,1-6H3,(H,106,119)(H,107,120)(H,108,116)(H,121,122)(H3,100,102,123)/t76-,80+,87-/m0/s1. The minimum atomic E-state index is -1.49. The number of anilines is 1. The van der Waals surface area contributed by atoms with E-state index in [0.717, 1.165) is 17.1 Å². The first-order valence-electron chi connectivity index (χ1n) is 46.0. The number of para-hydroxylation sites is 2. The van der Waals surface area contributed by atoms with Crippen molar-refractivity contribution in [3.63, 3.8) is 0 Å². The molecule has 2 aliphatic heterocycles. The molecule has 0 aliphatic carbocycles. The number of primary amides is 1. The molecule has 3 atom stereocenters. The van der Waals surface area contributed by atoms with Gasteiger partial charge in [0.05, 0.1) is 160 Å². The van der Waals surface area contributed by atoms with E-state index in [0.29, 0.717) is 213 Å². The van der Waals surface area contributed by atoms with Crippen LogP contribution in [0.3, 0.4) is 0 Å². The monoisotopic (exact) mass is 1990 g/mol. The molecule has 1 fully saturated rings. The fourth-order valence-electron chi connectivity index (χ4n) is 14.6. The van der Waals surface area contributed by atoms with Crippen molar-refractivity contribution in [3.8, 4) is 56.1 Å². The zero-order valence-electron chi connectivity index (χ0n) is 79.5. The molecule has 0 spiro atoms. The number of nitrogens with two attached hydrogens (primary N) is 1. The minimum Gasteiger partial charge on any atom is -0.496 e. The number of aliphatic carboxylic acids is 1. The molecule has 2 aliphatic rings. The van der Waals surface area contributed by atoms with Crippen molar-refractivity contribution in [2.24, 2.45) is 11.7 Å². The average molecular weight is 2000 g/mol. The Kier molecular flexibility index (Phi) is 44.3. The number of rotatable bonds is 62. The van der Waals surface area contributed by atoms with Crippen LogP contribution in [0, 0.1) is 18.7 Å². The molecule has 4 aromatic heterocycles. The van der Waals surface area contributed by atoms with Crippen LogP contribution >= 0.6 is 22.9 Å². The van der Waals surface area contributed by atoms with E-state index < -0.39 is 83.6 Å². The number of imide groups is 1. The smallest absolute Gasteiger partial charge is 0.410 e. The van der Waals surface area contributed by atoms with Crippen LogP contribution < -0.4 is 45.9 Å². The number of benzene rings is 5. The molecule has 7 N–H and O–H groups in total. The number of halogens is 2. The molecule has 1 saturated heterocycles. The summed E-state index contributed by atoms with van der Waals surface area (Å²) in [5, 5.41) is 30.7. The maximum Gasteiger partial charge on any atom is 0.410 e. The van der Waals surface area contributed by atoms with Crippen molar-refractivity contribution in [3.05, 3.63) is 185 Å². The number of nitrogens with one attached hydrogen (secondary N) is 4. The number of piperazine rings is 1. The number of hydrogen-bond acceptors (Lipinski definition) is 32. The van der Waals surface area contributed by atoms with E-state index in [4.69, 9.17) is 93.4 Å². The van der Waals surface area contributed by atoms with Crippen LogP contribution in [0.15, 0.2) is 140 Å². The number of thiophene rings is 1. The summed E-state index contributed by atoms with van der Waals surface area (Å²) >= 11 is 8.56. The van der Waals surface area contributed by atoms with Crippen molar-refractivity contribution in [2.75, 3.05) is 191 Å². The normalized spacial score (nSPS) is 13.3. The van der Waals surface area contributed by atoms with E-state index >= 15 is 0 Å². The molecule has 0 unspecified atom stereocenters. The molecular formula is C97H120ClFN16O25S. The number of nitrogens with zero attached hydrogens (tertiary/aromatic N) is 11. The van der Waals surface area contributed by atoms with Gasteiger partial charge in [0.2, 0.25) is 29.7 Å². The molecule has 9 amide bonds. The van der Waals surface area contributed by atoms with Crippen LogP contribution in [0.5, 0.6) is 23.1 Å². The predicted molar refractivity (Wildman–Crippen MR) is 513 cm³/mol. The van der Waals surface area contributed by atoms with Crippen molar-refractivity contribution >= 4 is 92.6 Å². The first kappa shape index (κ1) is 108. The highest BCUT2D eigenvalue weighted by Crippen LogP contribution is 2.50. The lowest BCUT2D eigenvalue weighted by atomic mass is 9.96. The largest absolute Gasteiger partial charge is 0.496 e. The van der Waals surface area contributed by atoms with Gasteiger partial charge in [0.1, 0.15) is 78.4 Å². The molecular weight excluding hydrogens is 1880 g/mol. The van der Waals surface area contributed by atoms with Crippen LogP contribution in [-0.2, 0) is 120 Å². The van der Waals surface area contributed by atoms with Gasteiger partial charge in [-0.1, -0.05) is 85.3 Å². The Balaban J connectivity index is 0.689. The Labute approximate surface area is 823 Å². The average Bonchev–Trinajstić information content (AvgIpc) is 1.59. The van der Waals surface area contributed by atoms with Crippen molar-refractivity contribution < 1.29 is 124 Å². The number of carbonyl (C=O) groups excluding carboxylic acids is 8. The molecule has 9 aromatic rings. The van der Waals surface area contributed by atoms with Crippen molar-refractivity contribution in [1.29, 1.82) is 0 Å². The highest BCUT2D eigenvalue weighted by atomic mass is 35.5. The maximum atomic E-state index is 14.6. The van der Waals surface area contributed by atoms with Gasteiger partial charge in [0, 0.05) is 107 Å². The lowest BCUT2D eigenvalue weighted by Crippen LogP contribution is -2.54. The fourth-order valence-corrected chi connectivity index (χ4v) is 16.0. The lowest BCUT2D eigenvalue weighted by molar-refractivity contribution is -0.145. The third-order valence-electron chi connectivity index (χ3n) is 22.1. The van der Waals surface area contributed by atoms with Crippen molar-refractivity contribution in [2.45, 2.75) is 97.6 Å². The molecule has 5 aromatic carbocycles. The zero-order chi connectivity index (χ0) is 100. The maximum absolute atomic E-state index is 14.6. The second kappa shape index (κ2) is 57.6. The molecule has 0 radical (unpaired) electrons. The summed E-state index contributed by atoms with van der Waals surface area (Å²) in [4.78, 5) is 144. The second-order valence-corrected chi connectivity index (χ2v) is 33.9. The Morgan fingerprint density at radius 2 is 1.29 bits per heavy atom. The highest BCUT2D eigenvalue weighted by Gasteiger charge is 2.33. The van der Waals surface area contributed by atoms with Crippen LogP contribution in [0.2, 0.25) is 5.02 Å². The first-order valence-corrected chi connectivity index (χ1v) is 47.2. The number of urea groups is 1. The van der Waals surface area contributed by atoms with Gasteiger partial charge in [0.25, 0.3) is 11.8 Å². The van der Waals surface area contributed by atoms with Gasteiger partial charge in [-0.05, 0) is 114 Å². The van der Waals surface area contributed by atoms with Crippen LogP contribution in [0.1, 0.15) is 66.8 Å².